The van der Waals surface area contributed by atoms with Gasteiger partial charge in [-0.15, -0.1) is 0 Å². The van der Waals surface area contributed by atoms with Gasteiger partial charge < -0.3 is 20.5 Å². The number of carbonyl (C=O) groups is 1. The van der Waals surface area contributed by atoms with Crippen molar-refractivity contribution in [1.82, 2.24) is 20.3 Å². The molecule has 4 N–H and O–H groups in total. The number of urea groups is 1. The molecule has 0 radical (unpaired) electrons. The summed E-state index contributed by atoms with van der Waals surface area (Å²) in [5.74, 6) is 1.67. The van der Waals surface area contributed by atoms with Crippen molar-refractivity contribution in [1.29, 1.82) is 0 Å². The Morgan fingerprint density at radius 2 is 1.83 bits per heavy atom. The third-order valence-electron chi connectivity index (χ3n) is 4.47. The van der Waals surface area contributed by atoms with Crippen LogP contribution in [0.4, 0.5) is 16.6 Å². The highest BCUT2D eigenvalue weighted by Gasteiger charge is 2.16. The standard InChI is InChI=1S/C20H24N6O3/c1-5-11(2)23-20(27)26-18-16(8-13-10-22-19(21)25-17(13)24-18)12-6-14(28-3)9-15(7-12)29-4/h6-11H,5H2,1-4H3,(H4,21,22,23,24,25,26,27). The zero-order valence-corrected chi connectivity index (χ0v) is 16.8. The summed E-state index contributed by atoms with van der Waals surface area (Å²) in [7, 11) is 3.15. The van der Waals surface area contributed by atoms with E-state index in [1.807, 2.05) is 32.0 Å². The van der Waals surface area contributed by atoms with Gasteiger partial charge in [0.25, 0.3) is 0 Å². The Morgan fingerprint density at radius 1 is 1.14 bits per heavy atom. The topological polar surface area (TPSA) is 124 Å². The molecule has 0 saturated carbocycles. The van der Waals surface area contributed by atoms with E-state index in [9.17, 15) is 4.79 Å². The van der Waals surface area contributed by atoms with Crippen molar-refractivity contribution < 1.29 is 14.3 Å². The highest BCUT2D eigenvalue weighted by atomic mass is 16.5. The van der Waals surface area contributed by atoms with Crippen LogP contribution in [0.3, 0.4) is 0 Å². The molecule has 0 spiro atoms. The van der Waals surface area contributed by atoms with E-state index < -0.39 is 0 Å². The molecule has 1 unspecified atom stereocenters. The lowest BCUT2D eigenvalue weighted by atomic mass is 10.0. The lowest BCUT2D eigenvalue weighted by Gasteiger charge is -2.16. The van der Waals surface area contributed by atoms with Gasteiger partial charge in [0.1, 0.15) is 17.3 Å². The number of nitrogens with two attached hydrogens (primary N) is 1. The Balaban J connectivity index is 2.13. The van der Waals surface area contributed by atoms with Crippen molar-refractivity contribution in [2.75, 3.05) is 25.3 Å². The van der Waals surface area contributed by atoms with Crippen LogP contribution in [0.2, 0.25) is 0 Å². The van der Waals surface area contributed by atoms with Crippen LogP contribution in [-0.2, 0) is 0 Å². The van der Waals surface area contributed by atoms with E-state index in [0.717, 1.165) is 12.0 Å². The van der Waals surface area contributed by atoms with Crippen LogP contribution in [0.1, 0.15) is 20.3 Å². The molecule has 29 heavy (non-hydrogen) atoms. The van der Waals surface area contributed by atoms with Gasteiger partial charge in [-0.3, -0.25) is 5.32 Å². The van der Waals surface area contributed by atoms with Crippen molar-refractivity contribution in [2.24, 2.45) is 0 Å². The lowest BCUT2D eigenvalue weighted by molar-refractivity contribution is 0.249. The summed E-state index contributed by atoms with van der Waals surface area (Å²) in [5.41, 5.74) is 7.50. The molecule has 1 atom stereocenters. The minimum absolute atomic E-state index is 0.0220. The predicted molar refractivity (Wildman–Crippen MR) is 112 cm³/mol. The van der Waals surface area contributed by atoms with Crippen LogP contribution in [0.25, 0.3) is 22.2 Å². The fraction of sp³-hybridized carbons (Fsp3) is 0.300. The number of methoxy groups -OCH3 is 2. The molecule has 0 saturated heterocycles. The lowest BCUT2D eigenvalue weighted by Crippen LogP contribution is -2.36. The normalized spacial score (nSPS) is 11.7. The van der Waals surface area contributed by atoms with E-state index in [4.69, 9.17) is 15.2 Å². The summed E-state index contributed by atoms with van der Waals surface area (Å²) >= 11 is 0. The molecular formula is C20H24N6O3. The maximum atomic E-state index is 12.4. The van der Waals surface area contributed by atoms with Crippen molar-refractivity contribution in [2.45, 2.75) is 26.3 Å². The molecule has 9 heteroatoms. The third-order valence-corrected chi connectivity index (χ3v) is 4.47. The molecule has 2 aromatic heterocycles. The number of hydrogen-bond acceptors (Lipinski definition) is 7. The summed E-state index contributed by atoms with van der Waals surface area (Å²) in [5, 5.41) is 6.37. The molecule has 0 aliphatic rings. The summed E-state index contributed by atoms with van der Waals surface area (Å²) in [6.07, 6.45) is 2.40. The van der Waals surface area contributed by atoms with Crippen LogP contribution < -0.4 is 25.8 Å². The van der Waals surface area contributed by atoms with Crippen LogP contribution in [0.15, 0.2) is 30.5 Å². The summed E-state index contributed by atoms with van der Waals surface area (Å²) in [6.45, 7) is 3.92. The minimum Gasteiger partial charge on any atom is -0.497 e. The SMILES string of the molecule is CCC(C)NC(=O)Nc1nc2nc(N)ncc2cc1-c1cc(OC)cc(OC)c1. The summed E-state index contributed by atoms with van der Waals surface area (Å²) < 4.78 is 10.7. The summed E-state index contributed by atoms with van der Waals surface area (Å²) in [4.78, 5) is 25.1. The number of hydrogen-bond donors (Lipinski definition) is 3. The molecule has 0 fully saturated rings. The van der Waals surface area contributed by atoms with Crippen LogP contribution in [-0.4, -0.2) is 41.2 Å². The Morgan fingerprint density at radius 3 is 2.45 bits per heavy atom. The number of aromatic nitrogens is 3. The van der Waals surface area contributed by atoms with E-state index >= 15 is 0 Å². The second-order valence-corrected chi connectivity index (χ2v) is 6.53. The van der Waals surface area contributed by atoms with E-state index in [2.05, 4.69) is 25.6 Å². The van der Waals surface area contributed by atoms with Gasteiger partial charge in [-0.25, -0.2) is 14.8 Å². The summed E-state index contributed by atoms with van der Waals surface area (Å²) in [6, 6.07) is 6.94. The van der Waals surface area contributed by atoms with Crippen molar-refractivity contribution in [3.63, 3.8) is 0 Å². The van der Waals surface area contributed by atoms with Gasteiger partial charge in [0, 0.05) is 29.3 Å². The highest BCUT2D eigenvalue weighted by molar-refractivity contribution is 5.96. The van der Waals surface area contributed by atoms with Crippen molar-refractivity contribution in [3.05, 3.63) is 30.5 Å². The molecule has 1 aromatic carbocycles. The molecule has 0 bridgehead atoms. The molecule has 9 nitrogen and oxygen atoms in total. The molecule has 2 heterocycles. The molecule has 3 rings (SSSR count). The highest BCUT2D eigenvalue weighted by Crippen LogP contribution is 2.35. The number of pyridine rings is 1. The Kier molecular flexibility index (Phi) is 5.96. The molecule has 152 valence electrons. The smallest absolute Gasteiger partial charge is 0.320 e. The van der Waals surface area contributed by atoms with Crippen molar-refractivity contribution >= 4 is 28.8 Å². The number of nitrogens with one attached hydrogen (secondary N) is 2. The first-order valence-corrected chi connectivity index (χ1v) is 9.17. The van der Waals surface area contributed by atoms with E-state index in [-0.39, 0.29) is 18.0 Å². The Bertz CT molecular complexity index is 1020. The van der Waals surface area contributed by atoms with Gasteiger partial charge in [-0.1, -0.05) is 6.92 Å². The molecule has 2 amide bonds. The average molecular weight is 396 g/mol. The largest absolute Gasteiger partial charge is 0.497 e. The van der Waals surface area contributed by atoms with E-state index in [1.54, 1.807) is 26.5 Å². The van der Waals surface area contributed by atoms with E-state index in [0.29, 0.717) is 33.9 Å². The zero-order valence-electron chi connectivity index (χ0n) is 16.8. The maximum absolute atomic E-state index is 12.4. The Labute approximate surface area is 168 Å². The molecular weight excluding hydrogens is 372 g/mol. The van der Waals surface area contributed by atoms with Gasteiger partial charge in [0.05, 0.1) is 14.2 Å². The number of rotatable bonds is 6. The zero-order chi connectivity index (χ0) is 21.0. The number of fused-ring (bicyclic) bond motifs is 1. The van der Waals surface area contributed by atoms with Crippen LogP contribution in [0.5, 0.6) is 11.5 Å². The number of benzene rings is 1. The van der Waals surface area contributed by atoms with Gasteiger partial charge in [-0.2, -0.15) is 4.98 Å². The first-order chi connectivity index (χ1) is 13.9. The number of nitrogens with zero attached hydrogens (tertiary/aromatic N) is 3. The van der Waals surface area contributed by atoms with Crippen molar-refractivity contribution in [3.8, 4) is 22.6 Å². The number of amides is 2. The van der Waals surface area contributed by atoms with Crippen LogP contribution in [0, 0.1) is 0 Å². The first kappa shape index (κ1) is 20.1. The van der Waals surface area contributed by atoms with Gasteiger partial charge in [-0.05, 0) is 37.1 Å². The maximum Gasteiger partial charge on any atom is 0.320 e. The fourth-order valence-corrected chi connectivity index (χ4v) is 2.72. The first-order valence-electron chi connectivity index (χ1n) is 9.17. The monoisotopic (exact) mass is 396 g/mol. The van der Waals surface area contributed by atoms with Gasteiger partial charge >= 0.3 is 6.03 Å². The third kappa shape index (κ3) is 4.63. The van der Waals surface area contributed by atoms with Crippen LogP contribution >= 0.6 is 0 Å². The predicted octanol–water partition coefficient (Wildman–Crippen LogP) is 3.21. The number of ether oxygens (including phenoxy) is 2. The second kappa shape index (κ2) is 8.59. The Hall–Kier alpha value is -3.62. The number of anilines is 2. The van der Waals surface area contributed by atoms with Gasteiger partial charge in [0.15, 0.2) is 5.65 Å². The second-order valence-electron chi connectivity index (χ2n) is 6.53. The fourth-order valence-electron chi connectivity index (χ4n) is 2.72. The average Bonchev–Trinajstić information content (AvgIpc) is 2.72. The van der Waals surface area contributed by atoms with E-state index in [1.165, 1.54) is 0 Å². The number of carbonyl (C=O) groups excluding carboxylic acids is 1. The molecule has 0 aliphatic heterocycles. The minimum atomic E-state index is -0.357. The quantitative estimate of drug-likeness (QED) is 0.584. The van der Waals surface area contributed by atoms with Gasteiger partial charge in [0.2, 0.25) is 5.95 Å². The number of nitrogen functional groups attached to an aromatic ring is 1. The molecule has 0 aliphatic carbocycles. The molecule has 3 aromatic rings.